The first-order chi connectivity index (χ1) is 17.4. The number of benzene rings is 3. The molecule has 3 aromatic carbocycles. The van der Waals surface area contributed by atoms with Crippen molar-refractivity contribution in [2.75, 3.05) is 19.8 Å². The number of rotatable bonds is 10. The van der Waals surface area contributed by atoms with E-state index in [-0.39, 0.29) is 36.3 Å². The normalized spacial score (nSPS) is 14.4. The summed E-state index contributed by atoms with van der Waals surface area (Å²) in [4.78, 5) is 26.6. The molecule has 3 aromatic rings. The fourth-order valence-electron chi connectivity index (χ4n) is 3.42. The second-order valence-corrected chi connectivity index (χ2v) is 8.69. The van der Waals surface area contributed by atoms with Crippen molar-refractivity contribution in [1.29, 1.82) is 0 Å². The van der Waals surface area contributed by atoms with Gasteiger partial charge < -0.3 is 14.2 Å². The van der Waals surface area contributed by atoms with Gasteiger partial charge in [-0.05, 0) is 84.4 Å². The highest BCUT2D eigenvalue weighted by atomic mass is 32.2. The molecule has 0 radical (unpaired) electrons. The van der Waals surface area contributed by atoms with Gasteiger partial charge in [0.15, 0.2) is 11.5 Å². The summed E-state index contributed by atoms with van der Waals surface area (Å²) in [6.45, 7) is 2.54. The van der Waals surface area contributed by atoms with E-state index in [2.05, 4.69) is 0 Å². The van der Waals surface area contributed by atoms with Crippen LogP contribution in [0.1, 0.15) is 18.1 Å². The predicted octanol–water partition coefficient (Wildman–Crippen LogP) is 6.06. The van der Waals surface area contributed by atoms with Crippen molar-refractivity contribution in [3.63, 3.8) is 0 Å². The Morgan fingerprint density at radius 1 is 0.889 bits per heavy atom. The van der Waals surface area contributed by atoms with Crippen LogP contribution in [0.15, 0.2) is 71.6 Å². The molecule has 1 aliphatic rings. The summed E-state index contributed by atoms with van der Waals surface area (Å²) in [6, 6.07) is 16.8. The van der Waals surface area contributed by atoms with E-state index in [1.807, 2.05) is 6.92 Å². The Morgan fingerprint density at radius 3 is 2.44 bits per heavy atom. The molecule has 0 atom stereocenters. The number of ether oxygens (including phenoxy) is 3. The lowest BCUT2D eigenvalue weighted by molar-refractivity contribution is -0.123. The number of carbonyl (C=O) groups excluding carboxylic acids is 2. The minimum atomic E-state index is -0.419. The second-order valence-electron chi connectivity index (χ2n) is 7.69. The fourth-order valence-corrected chi connectivity index (χ4v) is 4.28. The molecule has 0 N–H and O–H groups in total. The molecular weight excluding hydrogens is 488 g/mol. The molecule has 0 saturated carbocycles. The van der Waals surface area contributed by atoms with Crippen LogP contribution < -0.4 is 14.2 Å². The summed E-state index contributed by atoms with van der Waals surface area (Å²) < 4.78 is 43.4. The summed E-state index contributed by atoms with van der Waals surface area (Å²) in [5.41, 5.74) is 1.34. The van der Waals surface area contributed by atoms with E-state index in [4.69, 9.17) is 14.2 Å². The van der Waals surface area contributed by atoms with E-state index in [0.29, 0.717) is 35.0 Å². The van der Waals surface area contributed by atoms with E-state index in [0.717, 1.165) is 16.7 Å². The molecule has 1 heterocycles. The number of carbonyl (C=O) groups is 2. The van der Waals surface area contributed by atoms with Crippen LogP contribution in [-0.4, -0.2) is 35.8 Å². The monoisotopic (exact) mass is 511 g/mol. The SMILES string of the molecule is CCOc1cc(/C=C2\SC(=O)N(CCOc3ccc(F)cc3)C2=O)ccc1OCc1cccc(F)c1. The first-order valence-electron chi connectivity index (χ1n) is 11.2. The van der Waals surface area contributed by atoms with Crippen LogP contribution in [-0.2, 0) is 11.4 Å². The largest absolute Gasteiger partial charge is 0.492 e. The van der Waals surface area contributed by atoms with Crippen molar-refractivity contribution in [1.82, 2.24) is 4.90 Å². The topological polar surface area (TPSA) is 65.1 Å². The molecule has 1 aliphatic heterocycles. The maximum Gasteiger partial charge on any atom is 0.293 e. The van der Waals surface area contributed by atoms with Crippen molar-refractivity contribution in [3.05, 3.63) is 94.4 Å². The molecule has 4 rings (SSSR count). The number of hydrogen-bond donors (Lipinski definition) is 0. The fraction of sp³-hybridized carbons (Fsp3) is 0.185. The third kappa shape index (κ3) is 6.42. The van der Waals surface area contributed by atoms with Crippen LogP contribution >= 0.6 is 11.8 Å². The second kappa shape index (κ2) is 11.7. The van der Waals surface area contributed by atoms with Gasteiger partial charge in [0.2, 0.25) is 0 Å². The molecular formula is C27H23F2NO5S. The zero-order chi connectivity index (χ0) is 25.5. The van der Waals surface area contributed by atoms with Gasteiger partial charge in [-0.1, -0.05) is 18.2 Å². The van der Waals surface area contributed by atoms with E-state index < -0.39 is 11.1 Å². The van der Waals surface area contributed by atoms with Crippen LogP contribution in [0.3, 0.4) is 0 Å². The highest BCUT2D eigenvalue weighted by Crippen LogP contribution is 2.35. The van der Waals surface area contributed by atoms with Crippen LogP contribution in [0.2, 0.25) is 0 Å². The molecule has 0 bridgehead atoms. The predicted molar refractivity (Wildman–Crippen MR) is 133 cm³/mol. The quantitative estimate of drug-likeness (QED) is 0.309. The van der Waals surface area contributed by atoms with Crippen molar-refractivity contribution in [3.8, 4) is 17.2 Å². The number of nitrogens with zero attached hydrogens (tertiary/aromatic N) is 1. The average Bonchev–Trinajstić information content (AvgIpc) is 3.12. The lowest BCUT2D eigenvalue weighted by Crippen LogP contribution is -2.32. The zero-order valence-corrected chi connectivity index (χ0v) is 20.2. The summed E-state index contributed by atoms with van der Waals surface area (Å²) >= 11 is 0.843. The number of thioether (sulfide) groups is 1. The Labute approximate surface area is 211 Å². The summed E-state index contributed by atoms with van der Waals surface area (Å²) in [7, 11) is 0. The van der Waals surface area contributed by atoms with Gasteiger partial charge in [-0.25, -0.2) is 8.78 Å². The highest BCUT2D eigenvalue weighted by molar-refractivity contribution is 8.18. The molecule has 6 nitrogen and oxygen atoms in total. The highest BCUT2D eigenvalue weighted by Gasteiger charge is 2.34. The van der Waals surface area contributed by atoms with E-state index in [1.165, 1.54) is 36.4 Å². The minimum Gasteiger partial charge on any atom is -0.492 e. The third-order valence-electron chi connectivity index (χ3n) is 5.12. The van der Waals surface area contributed by atoms with Gasteiger partial charge in [0.05, 0.1) is 18.1 Å². The number of hydrogen-bond acceptors (Lipinski definition) is 6. The van der Waals surface area contributed by atoms with Crippen molar-refractivity contribution >= 4 is 29.0 Å². The smallest absolute Gasteiger partial charge is 0.293 e. The van der Waals surface area contributed by atoms with Crippen LogP contribution in [0.25, 0.3) is 6.08 Å². The molecule has 36 heavy (non-hydrogen) atoms. The number of halogens is 2. The molecule has 0 spiro atoms. The Bertz CT molecular complexity index is 1280. The molecule has 0 unspecified atom stereocenters. The molecule has 1 saturated heterocycles. The number of imide groups is 1. The van der Waals surface area contributed by atoms with E-state index >= 15 is 0 Å². The van der Waals surface area contributed by atoms with Gasteiger partial charge in [0, 0.05) is 0 Å². The summed E-state index contributed by atoms with van der Waals surface area (Å²) in [5.74, 6) is 0.252. The van der Waals surface area contributed by atoms with E-state index in [9.17, 15) is 18.4 Å². The van der Waals surface area contributed by atoms with Gasteiger partial charge >= 0.3 is 0 Å². The maximum atomic E-state index is 13.4. The summed E-state index contributed by atoms with van der Waals surface area (Å²) in [5, 5.41) is -0.394. The standard InChI is InChI=1S/C27H23F2NO5S/c1-2-33-24-15-18(6-11-23(24)35-17-19-4-3-5-21(29)14-19)16-25-26(31)30(27(32)36-25)12-13-34-22-9-7-20(28)8-10-22/h3-11,14-16H,2,12-13,17H2,1H3/b25-16-. The van der Waals surface area contributed by atoms with Crippen molar-refractivity contribution < 1.29 is 32.6 Å². The molecule has 1 fully saturated rings. The van der Waals surface area contributed by atoms with Gasteiger partial charge in [-0.15, -0.1) is 0 Å². The zero-order valence-electron chi connectivity index (χ0n) is 19.4. The van der Waals surface area contributed by atoms with Crippen molar-refractivity contribution in [2.24, 2.45) is 0 Å². The first-order valence-corrected chi connectivity index (χ1v) is 12.0. The molecule has 0 aromatic heterocycles. The van der Waals surface area contributed by atoms with Gasteiger partial charge in [-0.3, -0.25) is 14.5 Å². The Hall–Kier alpha value is -3.85. The Balaban J connectivity index is 1.41. The lowest BCUT2D eigenvalue weighted by Gasteiger charge is -2.13. The average molecular weight is 512 g/mol. The maximum absolute atomic E-state index is 13.4. The van der Waals surface area contributed by atoms with Gasteiger partial charge in [-0.2, -0.15) is 0 Å². The number of amides is 2. The van der Waals surface area contributed by atoms with Crippen LogP contribution in [0.4, 0.5) is 13.6 Å². The molecule has 2 amide bonds. The van der Waals surface area contributed by atoms with Crippen molar-refractivity contribution in [2.45, 2.75) is 13.5 Å². The third-order valence-corrected chi connectivity index (χ3v) is 6.03. The van der Waals surface area contributed by atoms with Crippen LogP contribution in [0, 0.1) is 11.6 Å². The first kappa shape index (κ1) is 25.2. The van der Waals surface area contributed by atoms with Gasteiger partial charge in [0.25, 0.3) is 11.1 Å². The summed E-state index contributed by atoms with van der Waals surface area (Å²) in [6.07, 6.45) is 1.62. The van der Waals surface area contributed by atoms with E-state index in [1.54, 1.807) is 36.4 Å². The molecule has 0 aliphatic carbocycles. The lowest BCUT2D eigenvalue weighted by atomic mass is 10.1. The molecule has 186 valence electrons. The molecule has 9 heteroatoms. The minimum absolute atomic E-state index is 0.0659. The van der Waals surface area contributed by atoms with Crippen LogP contribution in [0.5, 0.6) is 17.2 Å². The van der Waals surface area contributed by atoms with Gasteiger partial charge in [0.1, 0.15) is 30.6 Å². The Morgan fingerprint density at radius 2 is 1.69 bits per heavy atom. The Kier molecular flexibility index (Phi) is 8.22.